The number of hydrogen-bond donors (Lipinski definition) is 1. The van der Waals surface area contributed by atoms with Crippen molar-refractivity contribution >= 4 is 0 Å². The lowest BCUT2D eigenvalue weighted by Crippen LogP contribution is -2.12. The van der Waals surface area contributed by atoms with Gasteiger partial charge in [-0.2, -0.15) is 13.2 Å². The van der Waals surface area contributed by atoms with Gasteiger partial charge in [-0.3, -0.25) is 9.25 Å². The fraction of sp³-hybridized carbons (Fsp3) is 0.500. The van der Waals surface area contributed by atoms with Crippen molar-refractivity contribution < 1.29 is 17.9 Å². The van der Waals surface area contributed by atoms with Gasteiger partial charge in [-0.25, -0.2) is 4.98 Å². The van der Waals surface area contributed by atoms with E-state index in [4.69, 9.17) is 10.5 Å². The number of nitrogens with zero attached hydrogens (tertiary/aromatic N) is 4. The van der Waals surface area contributed by atoms with Crippen molar-refractivity contribution in [1.82, 2.24) is 19.3 Å². The van der Waals surface area contributed by atoms with Crippen LogP contribution in [0.2, 0.25) is 0 Å². The highest BCUT2D eigenvalue weighted by molar-refractivity contribution is 5.23. The van der Waals surface area contributed by atoms with Gasteiger partial charge < -0.3 is 10.5 Å². The minimum Gasteiger partial charge on any atom is -0.405 e. The molecule has 1 unspecified atom stereocenters. The number of rotatable bonds is 4. The third-order valence-electron chi connectivity index (χ3n) is 2.98. The maximum absolute atomic E-state index is 12.7. The van der Waals surface area contributed by atoms with Crippen LogP contribution >= 0.6 is 0 Å². The van der Waals surface area contributed by atoms with Gasteiger partial charge in [0.05, 0.1) is 11.9 Å². The minimum absolute atomic E-state index is 0.164. The lowest BCUT2D eigenvalue weighted by atomic mass is 10.3. The maximum Gasteiger partial charge on any atom is 0.433 e. The van der Waals surface area contributed by atoms with Gasteiger partial charge in [0, 0.05) is 25.7 Å². The Labute approximate surface area is 119 Å². The van der Waals surface area contributed by atoms with E-state index in [1.807, 2.05) is 6.92 Å². The molecule has 0 aliphatic carbocycles. The quantitative estimate of drug-likeness (QED) is 0.942. The molecule has 2 rings (SSSR count). The molecule has 0 radical (unpaired) electrons. The molecule has 0 saturated carbocycles. The van der Waals surface area contributed by atoms with Crippen LogP contribution < -0.4 is 10.5 Å². The molecule has 0 spiro atoms. The molecule has 0 aliphatic heterocycles. The molecular weight excluding hydrogens is 287 g/mol. The summed E-state index contributed by atoms with van der Waals surface area (Å²) in [7, 11) is 1.20. The van der Waals surface area contributed by atoms with Gasteiger partial charge in [-0.05, 0) is 13.8 Å². The number of nitrogens with two attached hydrogens (primary N) is 1. The van der Waals surface area contributed by atoms with Gasteiger partial charge in [0.2, 0.25) is 5.88 Å². The van der Waals surface area contributed by atoms with E-state index in [0.717, 1.165) is 16.4 Å². The largest absolute Gasteiger partial charge is 0.433 e. The Balaban J connectivity index is 2.31. The third kappa shape index (κ3) is 3.02. The van der Waals surface area contributed by atoms with Crippen LogP contribution in [0.4, 0.5) is 13.2 Å². The number of alkyl halides is 3. The van der Waals surface area contributed by atoms with Gasteiger partial charge in [0.25, 0.3) is 0 Å². The summed E-state index contributed by atoms with van der Waals surface area (Å²) in [4.78, 5) is 4.03. The van der Waals surface area contributed by atoms with E-state index < -0.39 is 11.9 Å². The first-order valence-corrected chi connectivity index (χ1v) is 6.34. The van der Waals surface area contributed by atoms with E-state index in [0.29, 0.717) is 6.54 Å². The minimum atomic E-state index is -4.49. The Kier molecular flexibility index (Phi) is 3.95. The number of halogens is 3. The van der Waals surface area contributed by atoms with Gasteiger partial charge in [0.1, 0.15) is 5.69 Å². The van der Waals surface area contributed by atoms with Gasteiger partial charge >= 0.3 is 12.2 Å². The summed E-state index contributed by atoms with van der Waals surface area (Å²) in [6.07, 6.45) is -2.95. The lowest BCUT2D eigenvalue weighted by molar-refractivity contribution is -0.143. The van der Waals surface area contributed by atoms with E-state index in [9.17, 15) is 13.2 Å². The number of hydrogen-bond acceptors (Lipinski definition) is 4. The Hall–Kier alpha value is -2.03. The molecule has 0 aromatic carbocycles. The highest BCUT2D eigenvalue weighted by Crippen LogP contribution is 2.32. The highest BCUT2D eigenvalue weighted by atomic mass is 19.4. The second kappa shape index (κ2) is 5.40. The van der Waals surface area contributed by atoms with Crippen molar-refractivity contribution in [2.75, 3.05) is 0 Å². The number of imidazole rings is 1. The molecule has 21 heavy (non-hydrogen) atoms. The molecular formula is C12H16F3N5O. The Morgan fingerprint density at radius 2 is 2.10 bits per heavy atom. The van der Waals surface area contributed by atoms with E-state index >= 15 is 0 Å². The normalized spacial score (nSPS) is 13.5. The predicted octanol–water partition coefficient (Wildman–Crippen LogP) is 2.47. The van der Waals surface area contributed by atoms with Crippen molar-refractivity contribution in [2.24, 2.45) is 12.8 Å². The first kappa shape index (κ1) is 15.4. The maximum atomic E-state index is 12.7. The fourth-order valence-corrected chi connectivity index (χ4v) is 1.98. The summed E-state index contributed by atoms with van der Waals surface area (Å²) in [5.41, 5.74) is 5.64. The van der Waals surface area contributed by atoms with Crippen LogP contribution in [-0.2, 0) is 19.8 Å². The fourth-order valence-electron chi connectivity index (χ4n) is 1.98. The Bertz CT molecular complexity index is 629. The van der Waals surface area contributed by atoms with E-state index in [1.54, 1.807) is 11.5 Å². The number of aryl methyl sites for hydroxylation is 1. The molecule has 9 heteroatoms. The molecule has 116 valence electrons. The lowest BCUT2D eigenvalue weighted by Gasteiger charge is -2.10. The van der Waals surface area contributed by atoms with Crippen LogP contribution in [0.25, 0.3) is 0 Å². The number of aromatic nitrogens is 4. The molecule has 0 bridgehead atoms. The van der Waals surface area contributed by atoms with E-state index in [2.05, 4.69) is 10.1 Å². The molecule has 2 aromatic heterocycles. The Morgan fingerprint density at radius 1 is 1.43 bits per heavy atom. The first-order chi connectivity index (χ1) is 9.74. The third-order valence-corrected chi connectivity index (χ3v) is 2.98. The Morgan fingerprint density at radius 3 is 2.57 bits per heavy atom. The SMILES string of the molecule is CCn1c(C(C)N)cnc1Oc1cc(C(F)(F)F)n(C)n1. The van der Waals surface area contributed by atoms with Crippen LogP contribution in [0.1, 0.15) is 31.3 Å². The first-order valence-electron chi connectivity index (χ1n) is 6.34. The monoisotopic (exact) mass is 303 g/mol. The van der Waals surface area contributed by atoms with E-state index in [-0.39, 0.29) is 17.9 Å². The van der Waals surface area contributed by atoms with Gasteiger partial charge in [0.15, 0.2) is 0 Å². The summed E-state index contributed by atoms with van der Waals surface area (Å²) < 4.78 is 45.9. The van der Waals surface area contributed by atoms with Crippen LogP contribution in [-0.4, -0.2) is 19.3 Å². The zero-order chi connectivity index (χ0) is 15.8. The zero-order valence-corrected chi connectivity index (χ0v) is 11.8. The van der Waals surface area contributed by atoms with Crippen LogP contribution in [0.15, 0.2) is 12.3 Å². The zero-order valence-electron chi connectivity index (χ0n) is 11.8. The molecule has 2 aromatic rings. The van der Waals surface area contributed by atoms with Crippen molar-refractivity contribution in [3.8, 4) is 11.9 Å². The smallest absolute Gasteiger partial charge is 0.405 e. The summed E-state index contributed by atoms with van der Waals surface area (Å²) in [6.45, 7) is 4.18. The molecule has 0 amide bonds. The van der Waals surface area contributed by atoms with Crippen molar-refractivity contribution in [2.45, 2.75) is 32.6 Å². The van der Waals surface area contributed by atoms with Crippen LogP contribution in [0, 0.1) is 0 Å². The number of ether oxygens (including phenoxy) is 1. The summed E-state index contributed by atoms with van der Waals surface area (Å²) >= 11 is 0. The van der Waals surface area contributed by atoms with Gasteiger partial charge in [-0.1, -0.05) is 0 Å². The predicted molar refractivity (Wildman–Crippen MR) is 68.8 cm³/mol. The van der Waals surface area contributed by atoms with Gasteiger partial charge in [-0.15, -0.1) is 5.10 Å². The van der Waals surface area contributed by atoms with Crippen LogP contribution in [0.3, 0.4) is 0 Å². The molecule has 0 aliphatic rings. The molecule has 0 saturated heterocycles. The van der Waals surface area contributed by atoms with Crippen molar-refractivity contribution in [3.63, 3.8) is 0 Å². The summed E-state index contributed by atoms with van der Waals surface area (Å²) in [5.74, 6) is -0.165. The highest BCUT2D eigenvalue weighted by Gasteiger charge is 2.35. The molecule has 2 heterocycles. The second-order valence-electron chi connectivity index (χ2n) is 4.59. The average molecular weight is 303 g/mol. The van der Waals surface area contributed by atoms with Crippen molar-refractivity contribution in [3.05, 3.63) is 23.7 Å². The summed E-state index contributed by atoms with van der Waals surface area (Å²) in [6, 6.07) is 0.737. The topological polar surface area (TPSA) is 70.9 Å². The molecule has 1 atom stereocenters. The molecule has 0 fully saturated rings. The van der Waals surface area contributed by atoms with Crippen LogP contribution in [0.5, 0.6) is 11.9 Å². The second-order valence-corrected chi connectivity index (χ2v) is 4.59. The average Bonchev–Trinajstić information content (AvgIpc) is 2.92. The van der Waals surface area contributed by atoms with E-state index in [1.165, 1.54) is 13.2 Å². The molecule has 6 nitrogen and oxygen atoms in total. The van der Waals surface area contributed by atoms with Crippen molar-refractivity contribution in [1.29, 1.82) is 0 Å². The standard InChI is InChI=1S/C12H16F3N5O/c1-4-20-8(7(2)16)6-17-11(20)21-10-5-9(12(13,14)15)19(3)18-10/h5-7H,4,16H2,1-3H3. The molecule has 2 N–H and O–H groups in total. The summed E-state index contributed by atoms with van der Waals surface area (Å²) in [5, 5.41) is 3.69.